The van der Waals surface area contributed by atoms with E-state index in [0.29, 0.717) is 18.9 Å². The van der Waals surface area contributed by atoms with Crippen LogP contribution in [-0.4, -0.2) is 29.8 Å². The van der Waals surface area contributed by atoms with Crippen molar-refractivity contribution >= 4 is 5.97 Å². The maximum absolute atomic E-state index is 11.4. The number of nitrogens with one attached hydrogen (secondary N) is 1. The molecule has 0 amide bonds. The number of hydrogen-bond donors (Lipinski definition) is 2. The molecular weight excluding hydrogens is 246 g/mol. The van der Waals surface area contributed by atoms with Crippen LogP contribution in [0.5, 0.6) is 0 Å². The molecule has 5 heteroatoms. The summed E-state index contributed by atoms with van der Waals surface area (Å²) in [5, 5.41) is 13.1. The number of hydrogen-bond acceptors (Lipinski definition) is 5. The fourth-order valence-corrected chi connectivity index (χ4v) is 2.37. The molecule has 0 radical (unpaired) electrons. The van der Waals surface area contributed by atoms with Crippen molar-refractivity contribution in [1.29, 1.82) is 0 Å². The molecule has 0 bridgehead atoms. The zero-order valence-corrected chi connectivity index (χ0v) is 11.2. The molecule has 2 unspecified atom stereocenters. The SMILES string of the molecule is CCOC(=O)c1ccc(CNC2CCCCC2O)o1. The van der Waals surface area contributed by atoms with E-state index in [1.165, 1.54) is 0 Å². The molecule has 2 atom stereocenters. The predicted octanol–water partition coefficient (Wildman–Crippen LogP) is 1.85. The number of ether oxygens (including phenoxy) is 1. The van der Waals surface area contributed by atoms with Gasteiger partial charge in [-0.1, -0.05) is 12.8 Å². The van der Waals surface area contributed by atoms with E-state index < -0.39 is 5.97 Å². The lowest BCUT2D eigenvalue weighted by Crippen LogP contribution is -2.41. The molecule has 0 aliphatic heterocycles. The van der Waals surface area contributed by atoms with Crippen LogP contribution in [0.15, 0.2) is 16.5 Å². The van der Waals surface area contributed by atoms with Crippen LogP contribution >= 0.6 is 0 Å². The molecule has 1 aromatic heterocycles. The molecule has 1 aliphatic carbocycles. The molecule has 0 aromatic carbocycles. The average molecular weight is 267 g/mol. The van der Waals surface area contributed by atoms with Crippen LogP contribution in [0, 0.1) is 0 Å². The van der Waals surface area contributed by atoms with Crippen molar-refractivity contribution in [3.63, 3.8) is 0 Å². The second-order valence-electron chi connectivity index (χ2n) is 4.83. The Balaban J connectivity index is 1.84. The van der Waals surface area contributed by atoms with Gasteiger partial charge < -0.3 is 19.6 Å². The summed E-state index contributed by atoms with van der Waals surface area (Å²) in [7, 11) is 0. The minimum atomic E-state index is -0.438. The molecule has 5 nitrogen and oxygen atoms in total. The fraction of sp³-hybridized carbons (Fsp3) is 0.643. The van der Waals surface area contributed by atoms with Gasteiger partial charge in [0.15, 0.2) is 0 Å². The lowest BCUT2D eigenvalue weighted by Gasteiger charge is -2.28. The second kappa shape index (κ2) is 6.73. The first kappa shape index (κ1) is 14.1. The van der Waals surface area contributed by atoms with Gasteiger partial charge in [0.25, 0.3) is 0 Å². The van der Waals surface area contributed by atoms with E-state index in [0.717, 1.165) is 25.7 Å². The van der Waals surface area contributed by atoms with Crippen LogP contribution in [0.4, 0.5) is 0 Å². The smallest absolute Gasteiger partial charge is 0.374 e. The molecule has 1 saturated carbocycles. The van der Waals surface area contributed by atoms with E-state index in [9.17, 15) is 9.90 Å². The fourth-order valence-electron chi connectivity index (χ4n) is 2.37. The largest absolute Gasteiger partial charge is 0.460 e. The summed E-state index contributed by atoms with van der Waals surface area (Å²) in [6.07, 6.45) is 3.78. The summed E-state index contributed by atoms with van der Waals surface area (Å²) in [6.45, 7) is 2.61. The first-order chi connectivity index (χ1) is 9.20. The van der Waals surface area contributed by atoms with E-state index in [1.807, 2.05) is 0 Å². The minimum absolute atomic E-state index is 0.116. The van der Waals surface area contributed by atoms with Gasteiger partial charge in [-0.3, -0.25) is 0 Å². The zero-order valence-electron chi connectivity index (χ0n) is 11.2. The standard InChI is InChI=1S/C14H21NO4/c1-2-18-14(17)13-8-7-10(19-13)9-15-11-5-3-4-6-12(11)16/h7-8,11-12,15-16H,2-6,9H2,1H3. The highest BCUT2D eigenvalue weighted by molar-refractivity contribution is 5.86. The Morgan fingerprint density at radius 1 is 1.47 bits per heavy atom. The lowest BCUT2D eigenvalue weighted by molar-refractivity contribution is 0.0486. The van der Waals surface area contributed by atoms with Crippen molar-refractivity contribution < 1.29 is 19.1 Å². The van der Waals surface area contributed by atoms with Crippen LogP contribution in [-0.2, 0) is 11.3 Å². The summed E-state index contributed by atoms with van der Waals surface area (Å²) < 4.78 is 10.3. The summed E-state index contributed by atoms with van der Waals surface area (Å²) in [6, 6.07) is 3.49. The maximum atomic E-state index is 11.4. The second-order valence-corrected chi connectivity index (χ2v) is 4.83. The summed E-state index contributed by atoms with van der Waals surface area (Å²) in [5.41, 5.74) is 0. The van der Waals surface area contributed by atoms with Gasteiger partial charge in [0.05, 0.1) is 19.3 Å². The number of carbonyl (C=O) groups is 1. The summed E-state index contributed by atoms with van der Waals surface area (Å²) >= 11 is 0. The lowest BCUT2D eigenvalue weighted by atomic mass is 9.92. The van der Waals surface area contributed by atoms with Gasteiger partial charge in [-0.05, 0) is 31.9 Å². The third-order valence-electron chi connectivity index (χ3n) is 3.41. The van der Waals surface area contributed by atoms with Crippen molar-refractivity contribution in [2.75, 3.05) is 6.61 Å². The Labute approximate surface area is 112 Å². The van der Waals surface area contributed by atoms with E-state index in [-0.39, 0.29) is 17.9 Å². The van der Waals surface area contributed by atoms with Gasteiger partial charge in [-0.25, -0.2) is 4.79 Å². The van der Waals surface area contributed by atoms with Gasteiger partial charge in [0, 0.05) is 6.04 Å². The number of carbonyl (C=O) groups excluding carboxylic acids is 1. The Morgan fingerprint density at radius 3 is 3.00 bits per heavy atom. The Morgan fingerprint density at radius 2 is 2.26 bits per heavy atom. The molecule has 1 aromatic rings. The highest BCUT2D eigenvalue weighted by atomic mass is 16.5. The number of esters is 1. The Kier molecular flexibility index (Phi) is 4.99. The van der Waals surface area contributed by atoms with Gasteiger partial charge in [0.2, 0.25) is 5.76 Å². The first-order valence-corrected chi connectivity index (χ1v) is 6.88. The number of aliphatic hydroxyl groups is 1. The van der Waals surface area contributed by atoms with Crippen LogP contribution in [0.25, 0.3) is 0 Å². The third kappa shape index (κ3) is 3.81. The number of rotatable bonds is 5. The van der Waals surface area contributed by atoms with Crippen molar-refractivity contribution in [3.05, 3.63) is 23.7 Å². The number of aliphatic hydroxyl groups excluding tert-OH is 1. The molecular formula is C14H21NO4. The quantitative estimate of drug-likeness (QED) is 0.797. The maximum Gasteiger partial charge on any atom is 0.374 e. The normalized spacial score (nSPS) is 23.3. The van der Waals surface area contributed by atoms with Crippen molar-refractivity contribution in [1.82, 2.24) is 5.32 Å². The minimum Gasteiger partial charge on any atom is -0.460 e. The Bertz CT molecular complexity index is 415. The Hall–Kier alpha value is -1.33. The molecule has 0 saturated heterocycles. The number of furan rings is 1. The van der Waals surface area contributed by atoms with Crippen LogP contribution in [0.1, 0.15) is 48.9 Å². The molecule has 19 heavy (non-hydrogen) atoms. The van der Waals surface area contributed by atoms with Crippen LogP contribution in [0.2, 0.25) is 0 Å². The predicted molar refractivity (Wildman–Crippen MR) is 69.8 cm³/mol. The molecule has 1 aliphatic rings. The summed E-state index contributed by atoms with van der Waals surface area (Å²) in [5.74, 6) is 0.468. The van der Waals surface area contributed by atoms with Crippen LogP contribution in [0.3, 0.4) is 0 Å². The van der Waals surface area contributed by atoms with Gasteiger partial charge in [-0.2, -0.15) is 0 Å². The van der Waals surface area contributed by atoms with E-state index in [1.54, 1.807) is 19.1 Å². The molecule has 1 heterocycles. The van der Waals surface area contributed by atoms with Crippen molar-refractivity contribution in [2.24, 2.45) is 0 Å². The van der Waals surface area contributed by atoms with E-state index in [2.05, 4.69) is 5.32 Å². The third-order valence-corrected chi connectivity index (χ3v) is 3.41. The van der Waals surface area contributed by atoms with E-state index in [4.69, 9.17) is 9.15 Å². The van der Waals surface area contributed by atoms with Crippen molar-refractivity contribution in [2.45, 2.75) is 51.3 Å². The van der Waals surface area contributed by atoms with Gasteiger partial charge >= 0.3 is 5.97 Å². The van der Waals surface area contributed by atoms with Crippen LogP contribution < -0.4 is 5.32 Å². The van der Waals surface area contributed by atoms with E-state index >= 15 is 0 Å². The monoisotopic (exact) mass is 267 g/mol. The molecule has 1 fully saturated rings. The van der Waals surface area contributed by atoms with Gasteiger partial charge in [-0.15, -0.1) is 0 Å². The zero-order chi connectivity index (χ0) is 13.7. The topological polar surface area (TPSA) is 71.7 Å². The highest BCUT2D eigenvalue weighted by Gasteiger charge is 2.22. The first-order valence-electron chi connectivity index (χ1n) is 6.88. The highest BCUT2D eigenvalue weighted by Crippen LogP contribution is 2.19. The molecule has 0 spiro atoms. The molecule has 106 valence electrons. The molecule has 2 N–H and O–H groups in total. The average Bonchev–Trinajstić information content (AvgIpc) is 2.87. The molecule has 2 rings (SSSR count). The van der Waals surface area contributed by atoms with Crippen molar-refractivity contribution in [3.8, 4) is 0 Å². The summed E-state index contributed by atoms with van der Waals surface area (Å²) in [4.78, 5) is 11.4. The van der Waals surface area contributed by atoms with Gasteiger partial charge in [0.1, 0.15) is 5.76 Å².